The van der Waals surface area contributed by atoms with Gasteiger partial charge in [-0.15, -0.1) is 5.10 Å². The van der Waals surface area contributed by atoms with Crippen LogP contribution in [0.15, 0.2) is 28.8 Å². The summed E-state index contributed by atoms with van der Waals surface area (Å²) < 4.78 is 6.87. The number of rotatable bonds is 6. The summed E-state index contributed by atoms with van der Waals surface area (Å²) in [6, 6.07) is 8.01. The predicted octanol–water partition coefficient (Wildman–Crippen LogP) is 2.92. The second kappa shape index (κ2) is 7.69. The molecule has 8 nitrogen and oxygen atoms in total. The van der Waals surface area contributed by atoms with Gasteiger partial charge in [0.2, 0.25) is 11.7 Å². The van der Waals surface area contributed by atoms with E-state index in [0.717, 1.165) is 11.3 Å². The van der Waals surface area contributed by atoms with E-state index >= 15 is 0 Å². The molecule has 0 unspecified atom stereocenters. The Morgan fingerprint density at radius 1 is 1.26 bits per heavy atom. The van der Waals surface area contributed by atoms with Gasteiger partial charge < -0.3 is 9.42 Å². The van der Waals surface area contributed by atoms with E-state index in [1.165, 1.54) is 4.90 Å². The van der Waals surface area contributed by atoms with Crippen LogP contribution >= 0.6 is 0 Å². The number of nitrogens with zero attached hydrogens (tertiary/aromatic N) is 6. The van der Waals surface area contributed by atoms with Crippen molar-refractivity contribution in [2.45, 2.75) is 46.6 Å². The molecule has 0 saturated heterocycles. The Morgan fingerprint density at radius 2 is 2.00 bits per heavy atom. The van der Waals surface area contributed by atoms with Gasteiger partial charge in [0.05, 0.1) is 5.69 Å². The van der Waals surface area contributed by atoms with Crippen LogP contribution in [0.3, 0.4) is 0 Å². The summed E-state index contributed by atoms with van der Waals surface area (Å²) in [6.45, 7) is 8.24. The van der Waals surface area contributed by atoms with Crippen LogP contribution in [0.1, 0.15) is 60.4 Å². The van der Waals surface area contributed by atoms with Crippen molar-refractivity contribution < 1.29 is 9.32 Å². The molecule has 0 aliphatic rings. The first-order chi connectivity index (χ1) is 12.9. The normalized spacial score (nSPS) is 11.2. The average molecular weight is 368 g/mol. The predicted molar refractivity (Wildman–Crippen MR) is 99.7 cm³/mol. The molecule has 0 bridgehead atoms. The summed E-state index contributed by atoms with van der Waals surface area (Å²) in [4.78, 5) is 22.8. The lowest BCUT2D eigenvalue weighted by Gasteiger charge is -2.13. The first kappa shape index (κ1) is 18.8. The topological polar surface area (TPSA) is 89.9 Å². The summed E-state index contributed by atoms with van der Waals surface area (Å²) in [7, 11) is 1.66. The van der Waals surface area contributed by atoms with E-state index in [2.05, 4.69) is 40.1 Å². The smallest absolute Gasteiger partial charge is 0.293 e. The van der Waals surface area contributed by atoms with Crippen molar-refractivity contribution in [2.75, 3.05) is 7.05 Å². The Hall–Kier alpha value is -3.03. The molecule has 0 radical (unpaired) electrons. The van der Waals surface area contributed by atoms with Crippen LogP contribution in [0, 0.1) is 6.92 Å². The van der Waals surface area contributed by atoms with E-state index < -0.39 is 0 Å². The SMILES string of the molecule is CCc1noc(CN(C)C(=O)c2nc(C)n(-c3ccccc3C(C)C)n2)n1. The fraction of sp³-hybridized carbons (Fsp3) is 0.421. The maximum atomic E-state index is 12.7. The van der Waals surface area contributed by atoms with Crippen molar-refractivity contribution in [3.8, 4) is 5.69 Å². The highest BCUT2D eigenvalue weighted by molar-refractivity contribution is 5.90. The Kier molecular flexibility index (Phi) is 5.34. The number of hydrogen-bond donors (Lipinski definition) is 0. The molecule has 0 atom stereocenters. The summed E-state index contributed by atoms with van der Waals surface area (Å²) >= 11 is 0. The van der Waals surface area contributed by atoms with Crippen LogP contribution in [0.2, 0.25) is 0 Å². The highest BCUT2D eigenvalue weighted by Gasteiger charge is 2.22. The Morgan fingerprint density at radius 3 is 2.67 bits per heavy atom. The second-order valence-corrected chi connectivity index (χ2v) is 6.73. The summed E-state index contributed by atoms with van der Waals surface area (Å²) in [5, 5.41) is 8.30. The van der Waals surface area contributed by atoms with Gasteiger partial charge in [-0.3, -0.25) is 4.79 Å². The monoisotopic (exact) mass is 368 g/mol. The second-order valence-electron chi connectivity index (χ2n) is 6.73. The summed E-state index contributed by atoms with van der Waals surface area (Å²) in [6.07, 6.45) is 0.682. The molecule has 142 valence electrons. The van der Waals surface area contributed by atoms with E-state index in [1.54, 1.807) is 11.7 Å². The average Bonchev–Trinajstić information content (AvgIpc) is 3.27. The number of amides is 1. The van der Waals surface area contributed by atoms with Crippen molar-refractivity contribution >= 4 is 5.91 Å². The van der Waals surface area contributed by atoms with Crippen LogP contribution in [-0.2, 0) is 13.0 Å². The van der Waals surface area contributed by atoms with Crippen molar-refractivity contribution in [1.29, 1.82) is 0 Å². The molecule has 0 aliphatic heterocycles. The number of carbonyl (C=O) groups excluding carboxylic acids is 1. The third-order valence-corrected chi connectivity index (χ3v) is 4.29. The third kappa shape index (κ3) is 3.89. The zero-order chi connectivity index (χ0) is 19.6. The van der Waals surface area contributed by atoms with Gasteiger partial charge in [0.15, 0.2) is 5.82 Å². The highest BCUT2D eigenvalue weighted by Crippen LogP contribution is 2.23. The lowest BCUT2D eigenvalue weighted by Crippen LogP contribution is -2.27. The largest absolute Gasteiger partial charge is 0.337 e. The maximum Gasteiger partial charge on any atom is 0.293 e. The quantitative estimate of drug-likeness (QED) is 0.664. The van der Waals surface area contributed by atoms with Gasteiger partial charge >= 0.3 is 0 Å². The molecule has 0 fully saturated rings. The summed E-state index contributed by atoms with van der Waals surface area (Å²) in [5.41, 5.74) is 2.08. The third-order valence-electron chi connectivity index (χ3n) is 4.29. The van der Waals surface area contributed by atoms with Crippen LogP contribution in [0.4, 0.5) is 0 Å². The number of carbonyl (C=O) groups is 1. The molecule has 0 saturated carbocycles. The minimum absolute atomic E-state index is 0.142. The first-order valence-corrected chi connectivity index (χ1v) is 9.00. The van der Waals surface area contributed by atoms with E-state index in [1.807, 2.05) is 32.0 Å². The van der Waals surface area contributed by atoms with Gasteiger partial charge in [0.25, 0.3) is 5.91 Å². The van der Waals surface area contributed by atoms with Gasteiger partial charge in [-0.25, -0.2) is 9.67 Å². The molecule has 27 heavy (non-hydrogen) atoms. The van der Waals surface area contributed by atoms with E-state index in [-0.39, 0.29) is 18.3 Å². The lowest BCUT2D eigenvalue weighted by molar-refractivity contribution is 0.0757. The molecule has 2 heterocycles. The number of aromatic nitrogens is 5. The van der Waals surface area contributed by atoms with Gasteiger partial charge in [-0.05, 0) is 24.5 Å². The molecule has 0 N–H and O–H groups in total. The van der Waals surface area contributed by atoms with Crippen molar-refractivity contribution in [3.05, 3.63) is 53.2 Å². The molecule has 2 aromatic heterocycles. The van der Waals surface area contributed by atoms with Crippen molar-refractivity contribution in [2.24, 2.45) is 0 Å². The zero-order valence-corrected chi connectivity index (χ0v) is 16.3. The van der Waals surface area contributed by atoms with E-state index in [9.17, 15) is 4.79 Å². The molecule has 1 amide bonds. The molecule has 1 aromatic carbocycles. The molecule has 3 aromatic rings. The fourth-order valence-corrected chi connectivity index (χ4v) is 2.82. The maximum absolute atomic E-state index is 12.7. The van der Waals surface area contributed by atoms with Crippen LogP contribution in [-0.4, -0.2) is 42.8 Å². The minimum Gasteiger partial charge on any atom is -0.337 e. The number of aryl methyl sites for hydroxylation is 2. The number of para-hydroxylation sites is 1. The van der Waals surface area contributed by atoms with E-state index in [4.69, 9.17) is 4.52 Å². The molecule has 3 rings (SSSR count). The van der Waals surface area contributed by atoms with Gasteiger partial charge in [0.1, 0.15) is 12.4 Å². The highest BCUT2D eigenvalue weighted by atomic mass is 16.5. The number of hydrogen-bond acceptors (Lipinski definition) is 6. The molecule has 8 heteroatoms. The molecular weight excluding hydrogens is 344 g/mol. The molecule has 0 aliphatic carbocycles. The first-order valence-electron chi connectivity index (χ1n) is 9.00. The van der Waals surface area contributed by atoms with Crippen LogP contribution in [0.25, 0.3) is 5.69 Å². The molecular formula is C19H24N6O2. The van der Waals surface area contributed by atoms with Gasteiger partial charge in [-0.2, -0.15) is 4.98 Å². The Labute approximate surface area is 158 Å². The van der Waals surface area contributed by atoms with Gasteiger partial charge in [0, 0.05) is 13.5 Å². The van der Waals surface area contributed by atoms with Crippen LogP contribution < -0.4 is 0 Å². The zero-order valence-electron chi connectivity index (χ0n) is 16.3. The van der Waals surface area contributed by atoms with Gasteiger partial charge in [-0.1, -0.05) is 44.1 Å². The summed E-state index contributed by atoms with van der Waals surface area (Å²) in [5.74, 6) is 1.85. The Balaban J connectivity index is 1.84. The van der Waals surface area contributed by atoms with Crippen molar-refractivity contribution in [1.82, 2.24) is 29.8 Å². The molecule has 0 spiro atoms. The van der Waals surface area contributed by atoms with Crippen molar-refractivity contribution in [3.63, 3.8) is 0 Å². The van der Waals surface area contributed by atoms with E-state index in [0.29, 0.717) is 29.9 Å². The van der Waals surface area contributed by atoms with Crippen LogP contribution in [0.5, 0.6) is 0 Å². The Bertz CT molecular complexity index is 943. The minimum atomic E-state index is -0.296. The number of benzene rings is 1. The standard InChI is InChI=1S/C19H24N6O2/c1-6-16-21-17(27-23-16)11-24(5)19(26)18-20-13(4)25(22-18)15-10-8-7-9-14(15)12(2)3/h7-10,12H,6,11H2,1-5H3. The lowest BCUT2D eigenvalue weighted by atomic mass is 10.0. The fourth-order valence-electron chi connectivity index (χ4n) is 2.82.